The van der Waals surface area contributed by atoms with Crippen molar-refractivity contribution in [2.75, 3.05) is 36.5 Å². The van der Waals surface area contributed by atoms with Crippen molar-refractivity contribution in [2.24, 2.45) is 0 Å². The molecule has 2 N–H and O–H groups in total. The average molecular weight is 477 g/mol. The van der Waals surface area contributed by atoms with Crippen LogP contribution in [-0.4, -0.2) is 47.3 Å². The smallest absolute Gasteiger partial charge is 0.290 e. The molecule has 0 radical (unpaired) electrons. The first-order chi connectivity index (χ1) is 16.3. The van der Waals surface area contributed by atoms with Crippen molar-refractivity contribution in [2.45, 2.75) is 33.7 Å². The number of rotatable bonds is 4. The van der Waals surface area contributed by atoms with E-state index in [9.17, 15) is 13.6 Å². The van der Waals surface area contributed by atoms with E-state index in [2.05, 4.69) is 5.32 Å². The largest absolute Gasteiger partial charge is 0.483 e. The molecule has 1 unspecified atom stereocenters. The second kappa shape index (κ2) is 12.6. The summed E-state index contributed by atoms with van der Waals surface area (Å²) in [5.41, 5.74) is 2.31. The summed E-state index contributed by atoms with van der Waals surface area (Å²) in [5.74, 6) is -0.706. The fraction of sp³-hybridized carbons (Fsp3) is 0.375. The molecule has 8 nitrogen and oxygen atoms in total. The van der Waals surface area contributed by atoms with E-state index >= 15 is 0 Å². The quantitative estimate of drug-likeness (QED) is 0.549. The van der Waals surface area contributed by atoms with Gasteiger partial charge in [0.05, 0.1) is 19.3 Å². The summed E-state index contributed by atoms with van der Waals surface area (Å²) < 4.78 is 34.0. The van der Waals surface area contributed by atoms with Crippen LogP contribution in [0.1, 0.15) is 37.9 Å². The van der Waals surface area contributed by atoms with Crippen LogP contribution in [-0.2, 0) is 9.53 Å². The number of carbonyl (C=O) groups is 1. The first-order valence-corrected chi connectivity index (χ1v) is 11.0. The Labute approximate surface area is 196 Å². The van der Waals surface area contributed by atoms with E-state index in [1.54, 1.807) is 6.20 Å². The summed E-state index contributed by atoms with van der Waals surface area (Å²) in [6.45, 7) is 10.0. The lowest BCUT2D eigenvalue weighted by atomic mass is 10.1. The molecule has 34 heavy (non-hydrogen) atoms. The van der Waals surface area contributed by atoms with Crippen LogP contribution in [0.4, 0.5) is 20.3 Å². The maximum Gasteiger partial charge on any atom is 0.290 e. The maximum absolute atomic E-state index is 13.6. The van der Waals surface area contributed by atoms with E-state index in [1.807, 2.05) is 38.7 Å². The van der Waals surface area contributed by atoms with Crippen molar-refractivity contribution in [1.82, 2.24) is 9.38 Å². The second-order valence-electron chi connectivity index (χ2n) is 7.35. The fourth-order valence-corrected chi connectivity index (χ4v) is 3.60. The van der Waals surface area contributed by atoms with E-state index in [1.165, 1.54) is 22.6 Å². The Morgan fingerprint density at radius 3 is 2.29 bits per heavy atom. The zero-order valence-electron chi connectivity index (χ0n) is 19.7. The predicted molar refractivity (Wildman–Crippen MR) is 128 cm³/mol. The van der Waals surface area contributed by atoms with Gasteiger partial charge >= 0.3 is 0 Å². The van der Waals surface area contributed by atoms with Crippen LogP contribution >= 0.6 is 0 Å². The van der Waals surface area contributed by atoms with Gasteiger partial charge in [0.15, 0.2) is 0 Å². The number of fused-ring (bicyclic) bond motifs is 1. The molecular formula is C24H30F2N4O4. The Morgan fingerprint density at radius 1 is 1.12 bits per heavy atom. The van der Waals surface area contributed by atoms with Gasteiger partial charge in [-0.25, -0.2) is 13.8 Å². The number of aryl methyl sites for hydroxylation is 1. The summed E-state index contributed by atoms with van der Waals surface area (Å²) in [5, 5.41) is 10.00. The molecule has 10 heteroatoms. The maximum atomic E-state index is 13.6. The number of benzene rings is 1. The first kappa shape index (κ1) is 26.7. The number of ether oxygens (including phenoxy) is 1. The number of anilines is 2. The van der Waals surface area contributed by atoms with E-state index < -0.39 is 11.6 Å². The molecule has 3 heterocycles. The van der Waals surface area contributed by atoms with Gasteiger partial charge in [0.1, 0.15) is 23.1 Å². The van der Waals surface area contributed by atoms with Crippen molar-refractivity contribution in [3.8, 4) is 0 Å². The monoisotopic (exact) mass is 476 g/mol. The van der Waals surface area contributed by atoms with E-state index in [0.717, 1.165) is 17.2 Å². The first-order valence-electron chi connectivity index (χ1n) is 11.0. The van der Waals surface area contributed by atoms with Crippen LogP contribution in [0.25, 0.3) is 5.65 Å². The average Bonchev–Trinajstić information content (AvgIpc) is 2.80. The van der Waals surface area contributed by atoms with Crippen LogP contribution in [0.3, 0.4) is 0 Å². The Morgan fingerprint density at radius 2 is 1.71 bits per heavy atom. The zero-order chi connectivity index (χ0) is 25.3. The van der Waals surface area contributed by atoms with Crippen LogP contribution < -0.4 is 15.8 Å². The highest BCUT2D eigenvalue weighted by Gasteiger charge is 2.18. The highest BCUT2D eigenvalue weighted by atomic mass is 19.1. The highest BCUT2D eigenvalue weighted by Crippen LogP contribution is 2.25. The van der Waals surface area contributed by atoms with Crippen molar-refractivity contribution in [3.05, 3.63) is 69.6 Å². The number of nitrogens with one attached hydrogen (secondary N) is 1. The molecule has 184 valence electrons. The minimum absolute atomic E-state index is 0.176. The normalized spacial score (nSPS) is 13.8. The van der Waals surface area contributed by atoms with Gasteiger partial charge in [-0.1, -0.05) is 13.8 Å². The zero-order valence-corrected chi connectivity index (χ0v) is 19.7. The van der Waals surface area contributed by atoms with E-state index in [4.69, 9.17) is 19.6 Å². The van der Waals surface area contributed by atoms with Crippen LogP contribution in [0.15, 0.2) is 41.3 Å². The minimum atomic E-state index is -0.655. The lowest BCUT2D eigenvalue weighted by Crippen LogP contribution is -2.37. The molecule has 4 rings (SSSR count). The molecule has 1 aliphatic heterocycles. The SMILES string of the molecule is CC.Cc1cc(C(C)Nc2cc(F)cc(F)c2)c2nc(N3CCOCC3)cc(=O)n2c1.O=CO. The van der Waals surface area contributed by atoms with Gasteiger partial charge in [-0.05, 0) is 37.6 Å². The molecule has 2 aromatic heterocycles. The Balaban J connectivity index is 0.000000758. The lowest BCUT2D eigenvalue weighted by molar-refractivity contribution is -0.122. The predicted octanol–water partition coefficient (Wildman–Crippen LogP) is 4.02. The van der Waals surface area contributed by atoms with Gasteiger partial charge in [-0.2, -0.15) is 0 Å². The molecule has 3 aromatic rings. The summed E-state index contributed by atoms with van der Waals surface area (Å²) in [6, 6.07) is 6.41. The number of hydrogen-bond donors (Lipinski definition) is 2. The third kappa shape index (κ3) is 6.74. The highest BCUT2D eigenvalue weighted by molar-refractivity contribution is 5.58. The van der Waals surface area contributed by atoms with Gasteiger partial charge in [0.25, 0.3) is 12.0 Å². The number of halogens is 2. The van der Waals surface area contributed by atoms with E-state index in [-0.39, 0.29) is 18.1 Å². The van der Waals surface area contributed by atoms with Gasteiger partial charge in [0.2, 0.25) is 0 Å². The lowest BCUT2D eigenvalue weighted by Gasteiger charge is -2.28. The molecule has 1 saturated heterocycles. The number of hydrogen-bond acceptors (Lipinski definition) is 6. The fourth-order valence-electron chi connectivity index (χ4n) is 3.60. The molecule has 0 amide bonds. The number of pyridine rings is 1. The van der Waals surface area contributed by atoms with Crippen LogP contribution in [0.5, 0.6) is 0 Å². The molecule has 0 bridgehead atoms. The topological polar surface area (TPSA) is 96.2 Å². The van der Waals surface area contributed by atoms with E-state index in [0.29, 0.717) is 43.5 Å². The Hall–Kier alpha value is -3.53. The molecule has 0 spiro atoms. The molecular weight excluding hydrogens is 446 g/mol. The van der Waals surface area contributed by atoms with Gasteiger partial charge < -0.3 is 20.1 Å². The van der Waals surface area contributed by atoms with Crippen molar-refractivity contribution in [1.29, 1.82) is 0 Å². The standard InChI is InChI=1S/C21H22F2N4O2.C2H6.CH2O2/c1-13-7-18(14(2)24-17-9-15(22)8-16(23)10-17)21-25-19(11-20(28)27(21)12-13)26-3-5-29-6-4-26;1-2;2-1-3/h7-12,14,24H,3-6H2,1-2H3;1-2H3;1H,(H,2,3). The van der Waals surface area contributed by atoms with Crippen molar-refractivity contribution < 1.29 is 23.4 Å². The second-order valence-corrected chi connectivity index (χ2v) is 7.35. The Bertz CT molecular complexity index is 1140. The van der Waals surface area contributed by atoms with Crippen molar-refractivity contribution >= 4 is 23.6 Å². The number of carboxylic acid groups (broad SMARTS) is 1. The van der Waals surface area contributed by atoms with Gasteiger partial charge in [-0.15, -0.1) is 0 Å². The summed E-state index contributed by atoms with van der Waals surface area (Å²) >= 11 is 0. The van der Waals surface area contributed by atoms with Gasteiger partial charge in [-0.3, -0.25) is 14.0 Å². The molecule has 1 aromatic carbocycles. The summed E-state index contributed by atoms with van der Waals surface area (Å²) in [4.78, 5) is 27.9. The van der Waals surface area contributed by atoms with Gasteiger partial charge in [0, 0.05) is 42.7 Å². The molecule has 0 saturated carbocycles. The molecule has 0 aliphatic carbocycles. The number of aromatic nitrogens is 2. The Kier molecular flexibility index (Phi) is 9.93. The summed E-state index contributed by atoms with van der Waals surface area (Å²) in [6.07, 6.45) is 1.74. The molecule has 1 fully saturated rings. The third-order valence-electron chi connectivity index (χ3n) is 4.96. The molecule has 1 atom stereocenters. The minimum Gasteiger partial charge on any atom is -0.483 e. The molecule has 1 aliphatic rings. The van der Waals surface area contributed by atoms with Crippen LogP contribution in [0, 0.1) is 18.6 Å². The van der Waals surface area contributed by atoms with Crippen LogP contribution in [0.2, 0.25) is 0 Å². The van der Waals surface area contributed by atoms with Crippen molar-refractivity contribution in [3.63, 3.8) is 0 Å². The summed E-state index contributed by atoms with van der Waals surface area (Å²) in [7, 11) is 0. The third-order valence-corrected chi connectivity index (χ3v) is 4.96. The number of nitrogens with zero attached hydrogens (tertiary/aromatic N) is 3. The number of morpholine rings is 1.